The van der Waals surface area contributed by atoms with Gasteiger partial charge in [0.1, 0.15) is 10.4 Å². The van der Waals surface area contributed by atoms with E-state index < -0.39 is 0 Å². The van der Waals surface area contributed by atoms with Crippen molar-refractivity contribution in [2.45, 2.75) is 0 Å². The average Bonchev–Trinajstić information content (AvgIpc) is 1.80. The first-order valence-corrected chi connectivity index (χ1v) is 3.09. The van der Waals surface area contributed by atoms with Crippen LogP contribution < -0.4 is 5.73 Å². The number of halogens is 1. The number of nitrogens with two attached hydrogens (primary N) is 1. The lowest BCUT2D eigenvalue weighted by Gasteiger charge is -1.94. The molecule has 0 unspecified atom stereocenters. The van der Waals surface area contributed by atoms with Crippen LogP contribution in [0.4, 0.5) is 5.69 Å². The molecule has 0 aliphatic carbocycles. The molecule has 3 nitrogen and oxygen atoms in total. The van der Waals surface area contributed by atoms with E-state index in [4.69, 9.17) is 10.8 Å². The highest BCUT2D eigenvalue weighted by molar-refractivity contribution is 9.10. The van der Waals surface area contributed by atoms with E-state index in [9.17, 15) is 0 Å². The molecular weight excluding hydrogens is 184 g/mol. The Morgan fingerprint density at radius 3 is 2.78 bits per heavy atom. The van der Waals surface area contributed by atoms with Crippen molar-refractivity contribution in [3.63, 3.8) is 0 Å². The van der Waals surface area contributed by atoms with E-state index in [2.05, 4.69) is 20.9 Å². The molecule has 1 rings (SSSR count). The summed E-state index contributed by atoms with van der Waals surface area (Å²) in [4.78, 5) is 3.72. The lowest BCUT2D eigenvalue weighted by atomic mass is 10.4. The van der Waals surface area contributed by atoms with Gasteiger partial charge in [-0.15, -0.1) is 0 Å². The Labute approximate surface area is 60.7 Å². The van der Waals surface area contributed by atoms with Crippen LogP contribution in [0.15, 0.2) is 16.9 Å². The van der Waals surface area contributed by atoms with E-state index in [1.54, 1.807) is 0 Å². The van der Waals surface area contributed by atoms with E-state index in [-0.39, 0.29) is 5.75 Å². The molecule has 1 aromatic heterocycles. The summed E-state index contributed by atoms with van der Waals surface area (Å²) in [6.45, 7) is 0. The number of hydrogen-bond donors (Lipinski definition) is 2. The zero-order valence-electron chi connectivity index (χ0n) is 4.50. The van der Waals surface area contributed by atoms with E-state index in [1.807, 2.05) is 0 Å². The fraction of sp³-hybridized carbons (Fsp3) is 0. The molecule has 1 heterocycles. The number of aromatic hydroxyl groups is 1. The maximum Gasteiger partial charge on any atom is 0.136 e. The largest absolute Gasteiger partial charge is 0.506 e. The fourth-order valence-electron chi connectivity index (χ4n) is 0.453. The molecule has 0 saturated heterocycles. The van der Waals surface area contributed by atoms with Crippen molar-refractivity contribution < 1.29 is 5.11 Å². The lowest BCUT2D eigenvalue weighted by molar-refractivity contribution is 0.473. The smallest absolute Gasteiger partial charge is 0.136 e. The Morgan fingerprint density at radius 2 is 2.33 bits per heavy atom. The standard InChI is InChI=1S/C5H5BrN2O/c6-5-4(7)1-3(9)2-8-5/h1-2,9H,7H2. The number of pyridine rings is 1. The minimum atomic E-state index is 0.0794. The van der Waals surface area contributed by atoms with Crippen LogP contribution in [0, 0.1) is 0 Å². The van der Waals surface area contributed by atoms with Crippen LogP contribution in [0.2, 0.25) is 0 Å². The van der Waals surface area contributed by atoms with Gasteiger partial charge in [0.15, 0.2) is 0 Å². The third-order valence-electron chi connectivity index (χ3n) is 0.852. The van der Waals surface area contributed by atoms with E-state index in [1.165, 1.54) is 12.3 Å². The van der Waals surface area contributed by atoms with Gasteiger partial charge in [-0.1, -0.05) is 0 Å². The molecule has 0 saturated carbocycles. The minimum Gasteiger partial charge on any atom is -0.506 e. The molecule has 4 heteroatoms. The predicted molar refractivity (Wildman–Crippen MR) is 38.0 cm³/mol. The van der Waals surface area contributed by atoms with Crippen molar-refractivity contribution >= 4 is 21.6 Å². The summed E-state index contributed by atoms with van der Waals surface area (Å²) in [5, 5.41) is 8.77. The maximum absolute atomic E-state index is 8.77. The minimum absolute atomic E-state index is 0.0794. The van der Waals surface area contributed by atoms with Crippen LogP contribution in [0.1, 0.15) is 0 Å². The van der Waals surface area contributed by atoms with Crippen molar-refractivity contribution in [2.75, 3.05) is 5.73 Å². The first-order chi connectivity index (χ1) is 4.20. The molecule has 3 N–H and O–H groups in total. The number of aromatic nitrogens is 1. The Bertz CT molecular complexity index is 226. The van der Waals surface area contributed by atoms with Crippen LogP contribution in [-0.4, -0.2) is 10.1 Å². The van der Waals surface area contributed by atoms with Gasteiger partial charge in [0.2, 0.25) is 0 Å². The Hall–Kier alpha value is -0.770. The molecule has 0 radical (unpaired) electrons. The second-order valence-electron chi connectivity index (χ2n) is 1.57. The topological polar surface area (TPSA) is 59.1 Å². The van der Waals surface area contributed by atoms with Crippen LogP contribution >= 0.6 is 15.9 Å². The Balaban J connectivity index is 3.17. The molecule has 0 aromatic carbocycles. The van der Waals surface area contributed by atoms with Gasteiger partial charge in [-0.3, -0.25) is 0 Å². The zero-order valence-corrected chi connectivity index (χ0v) is 6.09. The molecule has 0 bridgehead atoms. The van der Waals surface area contributed by atoms with Gasteiger partial charge >= 0.3 is 0 Å². The molecule has 1 aromatic rings. The molecule has 48 valence electrons. The average molecular weight is 189 g/mol. The van der Waals surface area contributed by atoms with E-state index in [0.29, 0.717) is 10.3 Å². The fourth-order valence-corrected chi connectivity index (χ4v) is 0.670. The number of nitrogen functional groups attached to an aromatic ring is 1. The van der Waals surface area contributed by atoms with Crippen LogP contribution in [-0.2, 0) is 0 Å². The third kappa shape index (κ3) is 1.32. The van der Waals surface area contributed by atoms with Crippen molar-refractivity contribution in [3.8, 4) is 5.75 Å². The molecule has 9 heavy (non-hydrogen) atoms. The lowest BCUT2D eigenvalue weighted by Crippen LogP contribution is -1.87. The summed E-state index contributed by atoms with van der Waals surface area (Å²) in [5.74, 6) is 0.0794. The molecule has 0 fully saturated rings. The molecule has 0 atom stereocenters. The quantitative estimate of drug-likeness (QED) is 0.601. The van der Waals surface area contributed by atoms with E-state index >= 15 is 0 Å². The second-order valence-corrected chi connectivity index (χ2v) is 2.32. The normalized spacial score (nSPS) is 9.44. The summed E-state index contributed by atoms with van der Waals surface area (Å²) < 4.78 is 0.556. The Kier molecular flexibility index (Phi) is 1.57. The monoisotopic (exact) mass is 188 g/mol. The van der Waals surface area contributed by atoms with Crippen LogP contribution in [0.3, 0.4) is 0 Å². The van der Waals surface area contributed by atoms with Gasteiger partial charge in [-0.2, -0.15) is 0 Å². The van der Waals surface area contributed by atoms with Gasteiger partial charge in [0.25, 0.3) is 0 Å². The second kappa shape index (κ2) is 2.23. The number of nitrogens with zero attached hydrogens (tertiary/aromatic N) is 1. The maximum atomic E-state index is 8.77. The van der Waals surface area contributed by atoms with Crippen molar-refractivity contribution in [2.24, 2.45) is 0 Å². The van der Waals surface area contributed by atoms with Gasteiger partial charge in [0, 0.05) is 6.07 Å². The summed E-state index contributed by atoms with van der Waals surface area (Å²) in [6, 6.07) is 1.43. The first-order valence-electron chi connectivity index (χ1n) is 2.30. The molecule has 0 amide bonds. The molecule has 0 aliphatic rings. The highest BCUT2D eigenvalue weighted by Gasteiger charge is 1.95. The zero-order chi connectivity index (χ0) is 6.85. The number of anilines is 1. The van der Waals surface area contributed by atoms with Gasteiger partial charge < -0.3 is 10.8 Å². The summed E-state index contributed by atoms with van der Waals surface area (Å²) >= 11 is 3.08. The van der Waals surface area contributed by atoms with Crippen LogP contribution in [0.25, 0.3) is 0 Å². The van der Waals surface area contributed by atoms with Crippen molar-refractivity contribution in [1.29, 1.82) is 0 Å². The molecule has 0 spiro atoms. The summed E-state index contributed by atoms with van der Waals surface area (Å²) in [6.07, 6.45) is 1.32. The van der Waals surface area contributed by atoms with Crippen molar-refractivity contribution in [1.82, 2.24) is 4.98 Å². The molecule has 0 aliphatic heterocycles. The third-order valence-corrected chi connectivity index (χ3v) is 1.51. The number of hydrogen-bond acceptors (Lipinski definition) is 3. The number of rotatable bonds is 0. The van der Waals surface area contributed by atoms with Gasteiger partial charge in [-0.25, -0.2) is 4.98 Å². The SMILES string of the molecule is Nc1cc(O)cnc1Br. The summed E-state index contributed by atoms with van der Waals surface area (Å²) in [5.41, 5.74) is 5.79. The molecular formula is C5H5BrN2O. The predicted octanol–water partition coefficient (Wildman–Crippen LogP) is 1.13. The van der Waals surface area contributed by atoms with Gasteiger partial charge in [-0.05, 0) is 15.9 Å². The van der Waals surface area contributed by atoms with Crippen molar-refractivity contribution in [3.05, 3.63) is 16.9 Å². The highest BCUT2D eigenvalue weighted by atomic mass is 79.9. The van der Waals surface area contributed by atoms with Gasteiger partial charge in [0.05, 0.1) is 11.9 Å². The first kappa shape index (κ1) is 6.35. The van der Waals surface area contributed by atoms with E-state index in [0.717, 1.165) is 0 Å². The summed E-state index contributed by atoms with van der Waals surface area (Å²) in [7, 11) is 0. The van der Waals surface area contributed by atoms with Crippen LogP contribution in [0.5, 0.6) is 5.75 Å². The Morgan fingerprint density at radius 1 is 1.67 bits per heavy atom. The highest BCUT2D eigenvalue weighted by Crippen LogP contribution is 2.19.